The van der Waals surface area contributed by atoms with Gasteiger partial charge in [-0.2, -0.15) is 0 Å². The Balaban J connectivity index is 1.70. The van der Waals surface area contributed by atoms with Gasteiger partial charge in [-0.05, 0) is 31.4 Å². The van der Waals surface area contributed by atoms with Crippen LogP contribution in [0.4, 0.5) is 5.69 Å². The Morgan fingerprint density at radius 2 is 2.29 bits per heavy atom. The zero-order valence-electron chi connectivity index (χ0n) is 11.9. The minimum absolute atomic E-state index is 0.0287. The lowest BCUT2D eigenvalue weighted by molar-refractivity contribution is -0.120. The Kier molecular flexibility index (Phi) is 4.01. The molecule has 1 aliphatic rings. The van der Waals surface area contributed by atoms with Crippen molar-refractivity contribution in [1.82, 2.24) is 9.97 Å². The molecule has 1 saturated carbocycles. The highest BCUT2D eigenvalue weighted by Gasteiger charge is 2.25. The molecule has 0 saturated heterocycles. The Hall–Kier alpha value is -2.14. The molecule has 1 heterocycles. The highest BCUT2D eigenvalue weighted by atomic mass is 16.1. The van der Waals surface area contributed by atoms with Crippen molar-refractivity contribution < 1.29 is 4.79 Å². The van der Waals surface area contributed by atoms with Crippen molar-refractivity contribution in [1.29, 1.82) is 0 Å². The summed E-state index contributed by atoms with van der Waals surface area (Å²) in [6.07, 6.45) is 7.26. The molecular formula is C16H20N4O. The minimum Gasteiger partial charge on any atom is -0.345 e. The van der Waals surface area contributed by atoms with Gasteiger partial charge in [-0.15, -0.1) is 0 Å². The second kappa shape index (κ2) is 6.10. The number of carbonyl (C=O) groups is 1. The Labute approximate surface area is 124 Å². The van der Waals surface area contributed by atoms with E-state index in [4.69, 9.17) is 5.73 Å². The monoisotopic (exact) mass is 284 g/mol. The summed E-state index contributed by atoms with van der Waals surface area (Å²) in [5, 5.41) is 3.00. The fourth-order valence-corrected chi connectivity index (χ4v) is 2.88. The second-order valence-electron chi connectivity index (χ2n) is 5.63. The van der Waals surface area contributed by atoms with Crippen LogP contribution in [0.2, 0.25) is 0 Å². The smallest absolute Gasteiger partial charge is 0.227 e. The maximum absolute atomic E-state index is 12.3. The van der Waals surface area contributed by atoms with Gasteiger partial charge in [-0.25, -0.2) is 4.98 Å². The molecule has 1 amide bonds. The van der Waals surface area contributed by atoms with E-state index >= 15 is 0 Å². The number of nitrogens with zero attached hydrogens (tertiary/aromatic N) is 1. The van der Waals surface area contributed by atoms with Crippen LogP contribution in [0.3, 0.4) is 0 Å². The summed E-state index contributed by atoms with van der Waals surface area (Å²) in [6, 6.07) is 7.86. The number of hydrogen-bond donors (Lipinski definition) is 3. The number of hydrogen-bond acceptors (Lipinski definition) is 3. The van der Waals surface area contributed by atoms with Crippen LogP contribution in [0.15, 0.2) is 36.7 Å². The zero-order chi connectivity index (χ0) is 14.7. The molecule has 2 unspecified atom stereocenters. The number of carbonyl (C=O) groups excluding carboxylic acids is 1. The van der Waals surface area contributed by atoms with Crippen LogP contribution in [0.1, 0.15) is 25.7 Å². The first-order valence-corrected chi connectivity index (χ1v) is 7.38. The predicted molar refractivity (Wildman–Crippen MR) is 82.6 cm³/mol. The standard InChI is InChI=1S/C16H20N4O/c17-13-5-1-4-12(9-13)16(21)20-14-6-2-3-11(10-14)15-18-7-8-19-15/h2-3,6-8,10,12-13H,1,4-5,9,17H2,(H,18,19)(H,20,21). The van der Waals surface area contributed by atoms with Crippen LogP contribution < -0.4 is 11.1 Å². The van der Waals surface area contributed by atoms with E-state index in [0.29, 0.717) is 0 Å². The average molecular weight is 284 g/mol. The van der Waals surface area contributed by atoms with Crippen LogP contribution >= 0.6 is 0 Å². The topological polar surface area (TPSA) is 83.8 Å². The molecule has 0 radical (unpaired) electrons. The largest absolute Gasteiger partial charge is 0.345 e. The van der Waals surface area contributed by atoms with E-state index in [1.165, 1.54) is 0 Å². The van der Waals surface area contributed by atoms with Crippen LogP contribution in [-0.4, -0.2) is 21.9 Å². The first kappa shape index (κ1) is 13.8. The van der Waals surface area contributed by atoms with Gasteiger partial charge in [0.05, 0.1) is 0 Å². The number of imidazole rings is 1. The third-order valence-electron chi connectivity index (χ3n) is 3.99. The number of aromatic amines is 1. The molecule has 0 bridgehead atoms. The van der Waals surface area contributed by atoms with Crippen LogP contribution in [-0.2, 0) is 4.79 Å². The lowest BCUT2D eigenvalue weighted by Crippen LogP contribution is -2.34. The average Bonchev–Trinajstić information content (AvgIpc) is 3.02. The molecule has 21 heavy (non-hydrogen) atoms. The van der Waals surface area contributed by atoms with E-state index in [1.807, 2.05) is 24.3 Å². The predicted octanol–water partition coefficient (Wildman–Crippen LogP) is 2.53. The third kappa shape index (κ3) is 3.31. The van der Waals surface area contributed by atoms with Crippen molar-refractivity contribution in [3.8, 4) is 11.4 Å². The van der Waals surface area contributed by atoms with E-state index in [1.54, 1.807) is 12.4 Å². The first-order valence-electron chi connectivity index (χ1n) is 7.38. The minimum atomic E-state index is 0.0287. The van der Waals surface area contributed by atoms with E-state index < -0.39 is 0 Å². The molecular weight excluding hydrogens is 264 g/mol. The van der Waals surface area contributed by atoms with Crippen LogP contribution in [0, 0.1) is 5.92 Å². The van der Waals surface area contributed by atoms with Crippen molar-refractivity contribution in [2.75, 3.05) is 5.32 Å². The zero-order valence-corrected chi connectivity index (χ0v) is 11.9. The number of nitrogens with two attached hydrogens (primary N) is 1. The van der Waals surface area contributed by atoms with Crippen molar-refractivity contribution in [3.05, 3.63) is 36.7 Å². The van der Waals surface area contributed by atoms with E-state index in [9.17, 15) is 4.79 Å². The molecule has 0 spiro atoms. The van der Waals surface area contributed by atoms with Gasteiger partial charge < -0.3 is 16.0 Å². The number of anilines is 1. The molecule has 1 aromatic heterocycles. The molecule has 110 valence electrons. The van der Waals surface area contributed by atoms with Crippen molar-refractivity contribution in [3.63, 3.8) is 0 Å². The summed E-state index contributed by atoms with van der Waals surface area (Å²) in [6.45, 7) is 0. The van der Waals surface area contributed by atoms with Gasteiger partial charge in [0.1, 0.15) is 5.82 Å². The van der Waals surface area contributed by atoms with Crippen molar-refractivity contribution in [2.24, 2.45) is 11.7 Å². The maximum Gasteiger partial charge on any atom is 0.227 e. The molecule has 1 fully saturated rings. The number of benzene rings is 1. The van der Waals surface area contributed by atoms with Crippen molar-refractivity contribution >= 4 is 11.6 Å². The summed E-state index contributed by atoms with van der Waals surface area (Å²) in [4.78, 5) is 19.6. The summed E-state index contributed by atoms with van der Waals surface area (Å²) < 4.78 is 0. The summed E-state index contributed by atoms with van der Waals surface area (Å²) >= 11 is 0. The maximum atomic E-state index is 12.3. The number of aromatic nitrogens is 2. The van der Waals surface area contributed by atoms with Crippen molar-refractivity contribution in [2.45, 2.75) is 31.7 Å². The van der Waals surface area contributed by atoms with Crippen LogP contribution in [0.25, 0.3) is 11.4 Å². The SMILES string of the molecule is NC1CCCC(C(=O)Nc2cccc(-c3ncc[nH]3)c2)C1. The quantitative estimate of drug-likeness (QED) is 0.809. The van der Waals surface area contributed by atoms with E-state index in [2.05, 4.69) is 15.3 Å². The second-order valence-corrected chi connectivity index (χ2v) is 5.63. The number of amides is 1. The Morgan fingerprint density at radius 1 is 1.38 bits per heavy atom. The van der Waals surface area contributed by atoms with Gasteiger partial charge in [0.25, 0.3) is 0 Å². The fraction of sp³-hybridized carbons (Fsp3) is 0.375. The fourth-order valence-electron chi connectivity index (χ4n) is 2.88. The molecule has 5 nitrogen and oxygen atoms in total. The summed E-state index contributed by atoms with van der Waals surface area (Å²) in [7, 11) is 0. The molecule has 1 aromatic carbocycles. The molecule has 1 aliphatic carbocycles. The van der Waals surface area contributed by atoms with Gasteiger partial charge >= 0.3 is 0 Å². The lowest BCUT2D eigenvalue weighted by atomic mass is 9.85. The highest BCUT2D eigenvalue weighted by molar-refractivity contribution is 5.93. The highest BCUT2D eigenvalue weighted by Crippen LogP contribution is 2.25. The molecule has 0 aliphatic heterocycles. The third-order valence-corrected chi connectivity index (χ3v) is 3.99. The van der Waals surface area contributed by atoms with Gasteiger partial charge in [0.2, 0.25) is 5.91 Å². The van der Waals surface area contributed by atoms with Gasteiger partial charge in [-0.3, -0.25) is 4.79 Å². The molecule has 2 aromatic rings. The normalized spacial score (nSPS) is 22.0. The molecule has 2 atom stereocenters. The van der Waals surface area contributed by atoms with Gasteiger partial charge in [0, 0.05) is 35.6 Å². The van der Waals surface area contributed by atoms with E-state index in [-0.39, 0.29) is 17.9 Å². The summed E-state index contributed by atoms with van der Waals surface area (Å²) in [5.74, 6) is 0.897. The molecule has 5 heteroatoms. The Bertz CT molecular complexity index is 608. The van der Waals surface area contributed by atoms with Crippen LogP contribution in [0.5, 0.6) is 0 Å². The molecule has 4 N–H and O–H groups in total. The number of rotatable bonds is 3. The van der Waals surface area contributed by atoms with Gasteiger partial charge in [-0.1, -0.05) is 18.6 Å². The molecule has 3 rings (SSSR count). The van der Waals surface area contributed by atoms with E-state index in [0.717, 1.165) is 42.8 Å². The lowest BCUT2D eigenvalue weighted by Gasteiger charge is -2.25. The summed E-state index contributed by atoms with van der Waals surface area (Å²) in [5.41, 5.74) is 7.71. The Morgan fingerprint density at radius 3 is 3.05 bits per heavy atom. The number of H-pyrrole nitrogens is 1. The van der Waals surface area contributed by atoms with Gasteiger partial charge in [0.15, 0.2) is 0 Å². The first-order chi connectivity index (χ1) is 10.2. The number of nitrogens with one attached hydrogen (secondary N) is 2.